The Bertz CT molecular complexity index is 355. The average molecular weight is 289 g/mol. The minimum atomic E-state index is -5.88. The zero-order chi connectivity index (χ0) is 14.3. The van der Waals surface area contributed by atoms with E-state index in [1.165, 1.54) is 0 Å². The lowest BCUT2D eigenvalue weighted by molar-refractivity contribution is -0.276. The van der Waals surface area contributed by atoms with Crippen LogP contribution in [-0.2, 0) is 14.3 Å². The molecule has 0 atom stereocenters. The molecule has 2 fully saturated rings. The maximum Gasteiger partial charge on any atom is 0.463 e. The number of alkyl halides is 5. The van der Waals surface area contributed by atoms with Crippen LogP contribution >= 0.6 is 0 Å². The van der Waals surface area contributed by atoms with E-state index in [-0.39, 0.29) is 25.9 Å². The number of ether oxygens (including phenoxy) is 2. The van der Waals surface area contributed by atoms with Crippen LogP contribution < -0.4 is 0 Å². The summed E-state index contributed by atoms with van der Waals surface area (Å²) in [5, 5.41) is 0. The predicted octanol–water partition coefficient (Wildman–Crippen LogP) is 1.55. The fourth-order valence-corrected chi connectivity index (χ4v) is 2.16. The van der Waals surface area contributed by atoms with Crippen LogP contribution in [0.25, 0.3) is 0 Å². The molecule has 0 unspecified atom stereocenters. The number of halogens is 5. The van der Waals surface area contributed by atoms with Gasteiger partial charge in [-0.05, 0) is 0 Å². The number of rotatable bonds is 1. The lowest BCUT2D eigenvalue weighted by Crippen LogP contribution is -2.56. The summed E-state index contributed by atoms with van der Waals surface area (Å²) in [6.07, 6.45) is -5.70. The molecule has 0 aromatic carbocycles. The van der Waals surface area contributed by atoms with Gasteiger partial charge in [0.25, 0.3) is 0 Å². The summed E-state index contributed by atoms with van der Waals surface area (Å²) in [6, 6.07) is 0. The van der Waals surface area contributed by atoms with Gasteiger partial charge in [-0.1, -0.05) is 0 Å². The lowest BCUT2D eigenvalue weighted by Gasteiger charge is -2.38. The van der Waals surface area contributed by atoms with Crippen LogP contribution in [0.4, 0.5) is 22.0 Å². The number of hydrogen-bond donors (Lipinski definition) is 0. The molecule has 2 aliphatic rings. The molecule has 2 heterocycles. The number of likely N-dealkylation sites (tertiary alicyclic amines) is 1. The summed E-state index contributed by atoms with van der Waals surface area (Å²) in [6.45, 7) is 0.217. The quantitative estimate of drug-likeness (QED) is 0.688. The van der Waals surface area contributed by atoms with Gasteiger partial charge in [-0.15, -0.1) is 0 Å². The molecule has 2 rings (SSSR count). The van der Waals surface area contributed by atoms with Crippen LogP contribution in [-0.4, -0.2) is 55.0 Å². The molecule has 9 heteroatoms. The summed E-state index contributed by atoms with van der Waals surface area (Å²) in [4.78, 5) is 11.7. The molecule has 2 aliphatic heterocycles. The molecular weight excluding hydrogens is 277 g/mol. The molecule has 0 aromatic rings. The topological polar surface area (TPSA) is 38.8 Å². The molecule has 4 nitrogen and oxygen atoms in total. The Balaban J connectivity index is 1.99. The van der Waals surface area contributed by atoms with E-state index in [1.807, 2.05) is 0 Å². The largest absolute Gasteiger partial charge is 0.463 e. The Morgan fingerprint density at radius 2 is 1.47 bits per heavy atom. The molecule has 0 N–H and O–H groups in total. The van der Waals surface area contributed by atoms with Gasteiger partial charge in [0.05, 0.1) is 13.2 Å². The Morgan fingerprint density at radius 3 is 1.89 bits per heavy atom. The van der Waals surface area contributed by atoms with Crippen molar-refractivity contribution in [2.45, 2.75) is 30.7 Å². The normalized spacial score (nSPS) is 23.9. The summed E-state index contributed by atoms with van der Waals surface area (Å²) in [5.74, 6) is -8.49. The van der Waals surface area contributed by atoms with Crippen LogP contribution in [0.2, 0.25) is 0 Å². The SMILES string of the molecule is O=C(N1CCC2(CC1)OCCO2)C(F)(F)C(F)(F)F. The van der Waals surface area contributed by atoms with Gasteiger partial charge in [-0.2, -0.15) is 22.0 Å². The highest BCUT2D eigenvalue weighted by Gasteiger charge is 2.65. The Morgan fingerprint density at radius 1 is 1.00 bits per heavy atom. The van der Waals surface area contributed by atoms with Crippen molar-refractivity contribution in [2.75, 3.05) is 26.3 Å². The number of nitrogens with zero attached hydrogens (tertiary/aromatic N) is 1. The van der Waals surface area contributed by atoms with Crippen LogP contribution in [0.5, 0.6) is 0 Å². The van der Waals surface area contributed by atoms with E-state index in [4.69, 9.17) is 9.47 Å². The third kappa shape index (κ3) is 2.53. The van der Waals surface area contributed by atoms with Crippen molar-refractivity contribution in [1.29, 1.82) is 0 Å². The standard InChI is InChI=1S/C10H12F5NO3/c11-9(12,10(13,14)15)7(17)16-3-1-8(2-4-16)18-5-6-19-8/h1-6H2. The van der Waals surface area contributed by atoms with Gasteiger partial charge in [0.1, 0.15) is 0 Å². The number of carbonyl (C=O) groups excluding carboxylic acids is 1. The third-order valence-electron chi connectivity index (χ3n) is 3.25. The van der Waals surface area contributed by atoms with Gasteiger partial charge in [0.15, 0.2) is 5.79 Å². The third-order valence-corrected chi connectivity index (χ3v) is 3.25. The number of carbonyl (C=O) groups is 1. The second kappa shape index (κ2) is 4.55. The fourth-order valence-electron chi connectivity index (χ4n) is 2.16. The van der Waals surface area contributed by atoms with Crippen molar-refractivity contribution in [3.05, 3.63) is 0 Å². The molecule has 0 aromatic heterocycles. The van der Waals surface area contributed by atoms with Crippen molar-refractivity contribution < 1.29 is 36.2 Å². The van der Waals surface area contributed by atoms with E-state index >= 15 is 0 Å². The lowest BCUT2D eigenvalue weighted by atomic mass is 10.0. The van der Waals surface area contributed by atoms with Gasteiger partial charge in [-0.3, -0.25) is 4.79 Å². The summed E-state index contributed by atoms with van der Waals surface area (Å²) in [5.41, 5.74) is 0. The smallest absolute Gasteiger partial charge is 0.347 e. The first-order valence-corrected chi connectivity index (χ1v) is 5.70. The van der Waals surface area contributed by atoms with Gasteiger partial charge in [0, 0.05) is 25.9 Å². The first-order valence-electron chi connectivity index (χ1n) is 5.70. The number of piperidine rings is 1. The number of hydrogen-bond acceptors (Lipinski definition) is 3. The minimum absolute atomic E-state index is 0.0900. The first kappa shape index (κ1) is 14.4. The molecule has 110 valence electrons. The predicted molar refractivity (Wildman–Crippen MR) is 51.5 cm³/mol. The Hall–Kier alpha value is -0.960. The zero-order valence-corrected chi connectivity index (χ0v) is 9.80. The highest BCUT2D eigenvalue weighted by atomic mass is 19.4. The van der Waals surface area contributed by atoms with Crippen molar-refractivity contribution >= 4 is 5.91 Å². The monoisotopic (exact) mass is 289 g/mol. The van der Waals surface area contributed by atoms with Crippen LogP contribution in [0, 0.1) is 0 Å². The van der Waals surface area contributed by atoms with E-state index in [0.29, 0.717) is 18.1 Å². The van der Waals surface area contributed by atoms with Crippen molar-refractivity contribution in [2.24, 2.45) is 0 Å². The maximum atomic E-state index is 12.9. The summed E-state index contributed by atoms with van der Waals surface area (Å²) < 4.78 is 72.6. The van der Waals surface area contributed by atoms with E-state index in [1.54, 1.807) is 0 Å². The fraction of sp³-hybridized carbons (Fsp3) is 0.900. The van der Waals surface area contributed by atoms with E-state index < -0.39 is 23.8 Å². The molecule has 0 aliphatic carbocycles. The van der Waals surface area contributed by atoms with Crippen LogP contribution in [0.1, 0.15) is 12.8 Å². The number of amides is 1. The average Bonchev–Trinajstić information content (AvgIpc) is 2.76. The van der Waals surface area contributed by atoms with Crippen LogP contribution in [0.3, 0.4) is 0 Å². The van der Waals surface area contributed by atoms with E-state index in [2.05, 4.69) is 0 Å². The van der Waals surface area contributed by atoms with E-state index in [9.17, 15) is 26.7 Å². The molecule has 19 heavy (non-hydrogen) atoms. The highest BCUT2D eigenvalue weighted by Crippen LogP contribution is 2.39. The van der Waals surface area contributed by atoms with Crippen molar-refractivity contribution in [1.82, 2.24) is 4.90 Å². The second-order valence-corrected chi connectivity index (χ2v) is 4.47. The van der Waals surface area contributed by atoms with Crippen LogP contribution in [0.15, 0.2) is 0 Å². The van der Waals surface area contributed by atoms with Gasteiger partial charge < -0.3 is 14.4 Å². The molecule has 1 amide bonds. The first-order chi connectivity index (χ1) is 8.68. The van der Waals surface area contributed by atoms with Gasteiger partial charge in [0.2, 0.25) is 0 Å². The van der Waals surface area contributed by atoms with Gasteiger partial charge in [-0.25, -0.2) is 0 Å². The van der Waals surface area contributed by atoms with Crippen molar-refractivity contribution in [3.8, 4) is 0 Å². The molecule has 2 saturated heterocycles. The zero-order valence-electron chi connectivity index (χ0n) is 9.80. The minimum Gasteiger partial charge on any atom is -0.347 e. The van der Waals surface area contributed by atoms with Crippen molar-refractivity contribution in [3.63, 3.8) is 0 Å². The highest BCUT2D eigenvalue weighted by molar-refractivity contribution is 5.84. The summed E-state index contributed by atoms with van der Waals surface area (Å²) in [7, 11) is 0. The Labute approximate surface area is 105 Å². The molecule has 0 saturated carbocycles. The summed E-state index contributed by atoms with van der Waals surface area (Å²) >= 11 is 0. The molecule has 0 radical (unpaired) electrons. The Kier molecular flexibility index (Phi) is 3.46. The molecular formula is C10H12F5NO3. The second-order valence-electron chi connectivity index (χ2n) is 4.47. The van der Waals surface area contributed by atoms with Gasteiger partial charge >= 0.3 is 18.0 Å². The molecule has 1 spiro atoms. The van der Waals surface area contributed by atoms with E-state index in [0.717, 1.165) is 0 Å². The maximum absolute atomic E-state index is 12.9. The molecule has 0 bridgehead atoms.